The Morgan fingerprint density at radius 2 is 1.90 bits per heavy atom. The van der Waals surface area contributed by atoms with E-state index in [-0.39, 0.29) is 0 Å². The van der Waals surface area contributed by atoms with E-state index in [0.29, 0.717) is 18.0 Å². The highest BCUT2D eigenvalue weighted by Crippen LogP contribution is 2.22. The molecular weight excluding hydrogens is 248 g/mol. The van der Waals surface area contributed by atoms with Gasteiger partial charge in [0.25, 0.3) is 0 Å². The second-order valence-electron chi connectivity index (χ2n) is 5.84. The zero-order valence-electron chi connectivity index (χ0n) is 13.1. The second-order valence-corrected chi connectivity index (χ2v) is 5.84. The van der Waals surface area contributed by atoms with Crippen LogP contribution in [0.5, 0.6) is 0 Å². The number of benzene rings is 1. The van der Waals surface area contributed by atoms with Crippen molar-refractivity contribution in [2.45, 2.75) is 45.2 Å². The Hall–Kier alpha value is -0.900. The maximum Gasteiger partial charge on any atom is 0.0616 e. The highest BCUT2D eigenvalue weighted by Gasteiger charge is 2.17. The fourth-order valence-electron chi connectivity index (χ4n) is 2.52. The van der Waals surface area contributed by atoms with Gasteiger partial charge in [-0.05, 0) is 37.3 Å². The lowest BCUT2D eigenvalue weighted by molar-refractivity contribution is 0.153. The average Bonchev–Trinajstić information content (AvgIpc) is 2.44. The van der Waals surface area contributed by atoms with E-state index in [1.54, 1.807) is 7.11 Å². The SMILES string of the molecule is COCC(CCCN)NC(CC(C)C)c1ccccc1. The molecule has 0 radical (unpaired) electrons. The summed E-state index contributed by atoms with van der Waals surface area (Å²) < 4.78 is 5.34. The molecule has 0 aliphatic rings. The van der Waals surface area contributed by atoms with Gasteiger partial charge in [0.1, 0.15) is 0 Å². The van der Waals surface area contributed by atoms with E-state index in [1.165, 1.54) is 5.56 Å². The molecule has 20 heavy (non-hydrogen) atoms. The summed E-state index contributed by atoms with van der Waals surface area (Å²) in [4.78, 5) is 0. The quantitative estimate of drug-likeness (QED) is 0.691. The Labute approximate surface area is 123 Å². The zero-order chi connectivity index (χ0) is 14.8. The van der Waals surface area contributed by atoms with Crippen molar-refractivity contribution < 1.29 is 4.74 Å². The summed E-state index contributed by atoms with van der Waals surface area (Å²) in [6, 6.07) is 11.4. The third-order valence-corrected chi connectivity index (χ3v) is 3.47. The third-order valence-electron chi connectivity index (χ3n) is 3.47. The van der Waals surface area contributed by atoms with Crippen LogP contribution < -0.4 is 11.1 Å². The molecule has 1 aromatic rings. The first-order chi connectivity index (χ1) is 9.67. The monoisotopic (exact) mass is 278 g/mol. The van der Waals surface area contributed by atoms with Crippen molar-refractivity contribution in [2.24, 2.45) is 11.7 Å². The first kappa shape index (κ1) is 17.2. The number of hydrogen-bond donors (Lipinski definition) is 2. The predicted molar refractivity (Wildman–Crippen MR) is 85.7 cm³/mol. The first-order valence-electron chi connectivity index (χ1n) is 7.67. The van der Waals surface area contributed by atoms with Gasteiger partial charge in [-0.15, -0.1) is 0 Å². The van der Waals surface area contributed by atoms with Crippen LogP contribution in [0.15, 0.2) is 30.3 Å². The molecule has 0 aromatic heterocycles. The van der Waals surface area contributed by atoms with E-state index < -0.39 is 0 Å². The van der Waals surface area contributed by atoms with E-state index in [2.05, 4.69) is 49.5 Å². The lowest BCUT2D eigenvalue weighted by Crippen LogP contribution is -2.37. The average molecular weight is 278 g/mol. The van der Waals surface area contributed by atoms with E-state index in [9.17, 15) is 0 Å². The van der Waals surface area contributed by atoms with Crippen molar-refractivity contribution in [3.63, 3.8) is 0 Å². The number of methoxy groups -OCH3 is 1. The van der Waals surface area contributed by atoms with E-state index in [1.807, 2.05) is 0 Å². The van der Waals surface area contributed by atoms with Crippen LogP contribution in [0.3, 0.4) is 0 Å². The molecule has 0 aliphatic heterocycles. The molecule has 0 fully saturated rings. The Morgan fingerprint density at radius 3 is 2.45 bits per heavy atom. The summed E-state index contributed by atoms with van der Waals surface area (Å²) in [6.45, 7) is 6.01. The standard InChI is InChI=1S/C17H30N2O/c1-14(2)12-17(15-8-5-4-6-9-15)19-16(13-20-3)10-7-11-18/h4-6,8-9,14,16-17,19H,7,10-13,18H2,1-3H3. The molecule has 0 spiro atoms. The van der Waals surface area contributed by atoms with Crippen molar-refractivity contribution in [1.29, 1.82) is 0 Å². The van der Waals surface area contributed by atoms with Gasteiger partial charge in [0.15, 0.2) is 0 Å². The van der Waals surface area contributed by atoms with Gasteiger partial charge >= 0.3 is 0 Å². The molecule has 0 saturated heterocycles. The van der Waals surface area contributed by atoms with Gasteiger partial charge in [-0.2, -0.15) is 0 Å². The smallest absolute Gasteiger partial charge is 0.0616 e. The lowest BCUT2D eigenvalue weighted by atomic mass is 9.95. The molecule has 0 heterocycles. The molecule has 1 aromatic carbocycles. The molecule has 0 amide bonds. The molecule has 1 rings (SSSR count). The maximum absolute atomic E-state index is 5.63. The van der Waals surface area contributed by atoms with Crippen LogP contribution in [0, 0.1) is 5.92 Å². The maximum atomic E-state index is 5.63. The number of rotatable bonds is 10. The van der Waals surface area contributed by atoms with Crippen LogP contribution >= 0.6 is 0 Å². The number of ether oxygens (including phenoxy) is 1. The van der Waals surface area contributed by atoms with Gasteiger partial charge in [-0.25, -0.2) is 0 Å². The molecular formula is C17H30N2O. The van der Waals surface area contributed by atoms with Crippen molar-refractivity contribution in [3.8, 4) is 0 Å². The molecule has 3 heteroatoms. The minimum Gasteiger partial charge on any atom is -0.383 e. The molecule has 2 atom stereocenters. The molecule has 0 bridgehead atoms. The van der Waals surface area contributed by atoms with Crippen LogP contribution in [0.4, 0.5) is 0 Å². The summed E-state index contributed by atoms with van der Waals surface area (Å²) in [6.07, 6.45) is 3.23. The molecule has 0 saturated carbocycles. The third kappa shape index (κ3) is 6.51. The van der Waals surface area contributed by atoms with Gasteiger partial charge in [-0.3, -0.25) is 0 Å². The van der Waals surface area contributed by atoms with E-state index >= 15 is 0 Å². The largest absolute Gasteiger partial charge is 0.383 e. The van der Waals surface area contributed by atoms with Crippen LogP contribution in [0.25, 0.3) is 0 Å². The van der Waals surface area contributed by atoms with Crippen LogP contribution in [-0.4, -0.2) is 26.3 Å². The summed E-state index contributed by atoms with van der Waals surface area (Å²) in [7, 11) is 1.76. The second kappa shape index (κ2) is 9.92. The highest BCUT2D eigenvalue weighted by molar-refractivity contribution is 5.19. The van der Waals surface area contributed by atoms with E-state index in [0.717, 1.165) is 32.4 Å². The topological polar surface area (TPSA) is 47.3 Å². The molecule has 3 N–H and O–H groups in total. The Morgan fingerprint density at radius 1 is 1.20 bits per heavy atom. The van der Waals surface area contributed by atoms with Gasteiger partial charge in [-0.1, -0.05) is 44.2 Å². The van der Waals surface area contributed by atoms with Gasteiger partial charge in [0.2, 0.25) is 0 Å². The number of nitrogens with two attached hydrogens (primary N) is 1. The molecule has 0 aliphatic carbocycles. The number of nitrogens with one attached hydrogen (secondary N) is 1. The molecule has 114 valence electrons. The normalized spacial score (nSPS) is 14.4. The van der Waals surface area contributed by atoms with Crippen molar-refractivity contribution in [2.75, 3.05) is 20.3 Å². The number of hydrogen-bond acceptors (Lipinski definition) is 3. The Bertz CT molecular complexity index is 340. The van der Waals surface area contributed by atoms with Crippen LogP contribution in [0.1, 0.15) is 44.7 Å². The van der Waals surface area contributed by atoms with Gasteiger partial charge in [0.05, 0.1) is 6.61 Å². The molecule has 3 nitrogen and oxygen atoms in total. The Balaban J connectivity index is 2.71. The fourth-order valence-corrected chi connectivity index (χ4v) is 2.52. The Kier molecular flexibility index (Phi) is 8.51. The molecule has 2 unspecified atom stereocenters. The highest BCUT2D eigenvalue weighted by atomic mass is 16.5. The van der Waals surface area contributed by atoms with Crippen molar-refractivity contribution in [3.05, 3.63) is 35.9 Å². The minimum atomic E-state index is 0.368. The zero-order valence-corrected chi connectivity index (χ0v) is 13.1. The summed E-state index contributed by atoms with van der Waals surface area (Å²) in [5, 5.41) is 3.76. The van der Waals surface area contributed by atoms with Crippen LogP contribution in [0.2, 0.25) is 0 Å². The lowest BCUT2D eigenvalue weighted by Gasteiger charge is -2.27. The van der Waals surface area contributed by atoms with Gasteiger partial charge < -0.3 is 15.8 Å². The first-order valence-corrected chi connectivity index (χ1v) is 7.67. The summed E-state index contributed by atoms with van der Waals surface area (Å²) in [5.74, 6) is 0.658. The van der Waals surface area contributed by atoms with Crippen LogP contribution in [-0.2, 0) is 4.74 Å². The minimum absolute atomic E-state index is 0.368. The summed E-state index contributed by atoms with van der Waals surface area (Å²) >= 11 is 0. The predicted octanol–water partition coefficient (Wildman–Crippen LogP) is 3.12. The fraction of sp³-hybridized carbons (Fsp3) is 0.647. The van der Waals surface area contributed by atoms with Crippen molar-refractivity contribution in [1.82, 2.24) is 5.32 Å². The van der Waals surface area contributed by atoms with Gasteiger partial charge in [0, 0.05) is 19.2 Å². The summed E-state index contributed by atoms with van der Waals surface area (Å²) in [5.41, 5.74) is 6.98. The van der Waals surface area contributed by atoms with E-state index in [4.69, 9.17) is 10.5 Å². The van der Waals surface area contributed by atoms with Crippen molar-refractivity contribution >= 4 is 0 Å².